The summed E-state index contributed by atoms with van der Waals surface area (Å²) >= 11 is 0. The van der Waals surface area contributed by atoms with Gasteiger partial charge in [-0.1, -0.05) is 36.4 Å². The number of hydrogen-bond acceptors (Lipinski definition) is 3. The van der Waals surface area contributed by atoms with Gasteiger partial charge >= 0.3 is 5.76 Å². The van der Waals surface area contributed by atoms with E-state index in [0.717, 1.165) is 11.1 Å². The highest BCUT2D eigenvalue weighted by molar-refractivity contribution is 5.78. The highest BCUT2D eigenvalue weighted by Crippen LogP contribution is 2.12. The Bertz CT molecular complexity index is 834. The molecule has 0 spiro atoms. The number of oxazole rings is 1. The van der Waals surface area contributed by atoms with Crippen LogP contribution in [0.4, 0.5) is 0 Å². The second-order valence-corrected chi connectivity index (χ2v) is 5.11. The van der Waals surface area contributed by atoms with Crippen LogP contribution in [-0.2, 0) is 17.6 Å². The highest BCUT2D eigenvalue weighted by Gasteiger charge is 2.04. The molecular weight excluding hydrogens is 280 g/mol. The van der Waals surface area contributed by atoms with Crippen molar-refractivity contribution < 1.29 is 9.21 Å². The number of benzene rings is 2. The molecule has 112 valence electrons. The molecule has 0 unspecified atom stereocenters. The van der Waals surface area contributed by atoms with Gasteiger partial charge in [0, 0.05) is 6.54 Å². The van der Waals surface area contributed by atoms with Crippen molar-refractivity contribution in [2.45, 2.75) is 12.8 Å². The standard InChI is InChI=1S/C17H16N2O3/c20-16(11-12-4-2-1-3-5-12)18-9-8-13-6-7-14-15(10-13)22-17(21)19-14/h1-7,10H,8-9,11H2,(H,18,20)(H,19,21). The topological polar surface area (TPSA) is 75.1 Å². The summed E-state index contributed by atoms with van der Waals surface area (Å²) in [5.74, 6) is -0.455. The van der Waals surface area contributed by atoms with E-state index in [0.29, 0.717) is 30.5 Å². The maximum Gasteiger partial charge on any atom is 0.417 e. The van der Waals surface area contributed by atoms with Crippen LogP contribution in [0.25, 0.3) is 11.1 Å². The van der Waals surface area contributed by atoms with Crippen LogP contribution in [0.3, 0.4) is 0 Å². The molecule has 22 heavy (non-hydrogen) atoms. The van der Waals surface area contributed by atoms with Gasteiger partial charge in [0.05, 0.1) is 11.9 Å². The largest absolute Gasteiger partial charge is 0.417 e. The quantitative estimate of drug-likeness (QED) is 0.756. The molecule has 0 aliphatic rings. The zero-order chi connectivity index (χ0) is 15.4. The van der Waals surface area contributed by atoms with Gasteiger partial charge in [0.2, 0.25) is 5.91 Å². The monoisotopic (exact) mass is 296 g/mol. The Morgan fingerprint density at radius 1 is 1.09 bits per heavy atom. The normalized spacial score (nSPS) is 10.7. The van der Waals surface area contributed by atoms with Crippen LogP contribution in [0, 0.1) is 0 Å². The molecule has 3 aromatic rings. The maximum absolute atomic E-state index is 11.8. The molecule has 0 bridgehead atoms. The summed E-state index contributed by atoms with van der Waals surface area (Å²) in [6, 6.07) is 15.2. The van der Waals surface area contributed by atoms with Crippen molar-refractivity contribution in [2.24, 2.45) is 0 Å². The first-order chi connectivity index (χ1) is 10.7. The molecule has 3 rings (SSSR count). The van der Waals surface area contributed by atoms with E-state index in [9.17, 15) is 9.59 Å². The fraction of sp³-hybridized carbons (Fsp3) is 0.176. The van der Waals surface area contributed by atoms with E-state index in [4.69, 9.17) is 4.42 Å². The van der Waals surface area contributed by atoms with Crippen LogP contribution in [0.2, 0.25) is 0 Å². The number of carbonyl (C=O) groups is 1. The number of rotatable bonds is 5. The Balaban J connectivity index is 1.53. The van der Waals surface area contributed by atoms with Crippen LogP contribution in [0.1, 0.15) is 11.1 Å². The lowest BCUT2D eigenvalue weighted by molar-refractivity contribution is -0.120. The van der Waals surface area contributed by atoms with Crippen LogP contribution in [-0.4, -0.2) is 17.4 Å². The molecule has 2 N–H and O–H groups in total. The minimum absolute atomic E-state index is 0.000421. The van der Waals surface area contributed by atoms with E-state index in [-0.39, 0.29) is 5.91 Å². The lowest BCUT2D eigenvalue weighted by Gasteiger charge is -2.05. The third-order valence-electron chi connectivity index (χ3n) is 3.43. The molecule has 0 radical (unpaired) electrons. The Morgan fingerprint density at radius 2 is 1.91 bits per heavy atom. The summed E-state index contributed by atoms with van der Waals surface area (Å²) in [6.45, 7) is 0.547. The average Bonchev–Trinajstić information content (AvgIpc) is 2.87. The predicted octanol–water partition coefficient (Wildman–Crippen LogP) is 2.02. The number of aromatic amines is 1. The molecule has 0 aliphatic heterocycles. The SMILES string of the molecule is O=C(Cc1ccccc1)NCCc1ccc2[nH]c(=O)oc2c1. The number of amides is 1. The molecule has 0 fully saturated rings. The second-order valence-electron chi connectivity index (χ2n) is 5.11. The van der Waals surface area contributed by atoms with Gasteiger partial charge in [0.15, 0.2) is 5.58 Å². The molecule has 0 atom stereocenters. The zero-order valence-electron chi connectivity index (χ0n) is 12.0. The molecule has 1 aromatic heterocycles. The Labute approximate surface area is 127 Å². The molecule has 2 aromatic carbocycles. The maximum atomic E-state index is 11.8. The number of aromatic nitrogens is 1. The first kappa shape index (κ1) is 14.1. The predicted molar refractivity (Wildman–Crippen MR) is 83.7 cm³/mol. The summed E-state index contributed by atoms with van der Waals surface area (Å²) in [5.41, 5.74) is 3.23. The smallest absolute Gasteiger partial charge is 0.408 e. The highest BCUT2D eigenvalue weighted by atomic mass is 16.4. The van der Waals surface area contributed by atoms with E-state index >= 15 is 0 Å². The first-order valence-electron chi connectivity index (χ1n) is 7.13. The molecule has 0 saturated carbocycles. The van der Waals surface area contributed by atoms with Gasteiger partial charge in [-0.3, -0.25) is 9.78 Å². The second kappa shape index (κ2) is 6.30. The van der Waals surface area contributed by atoms with Gasteiger partial charge in [-0.25, -0.2) is 4.79 Å². The van der Waals surface area contributed by atoms with Gasteiger partial charge in [0.25, 0.3) is 0 Å². The fourth-order valence-corrected chi connectivity index (χ4v) is 2.34. The number of hydrogen-bond donors (Lipinski definition) is 2. The molecule has 0 aliphatic carbocycles. The van der Waals surface area contributed by atoms with Crippen molar-refractivity contribution in [2.75, 3.05) is 6.54 Å². The third-order valence-corrected chi connectivity index (χ3v) is 3.43. The summed E-state index contributed by atoms with van der Waals surface area (Å²) < 4.78 is 5.02. The Kier molecular flexibility index (Phi) is 4.05. The van der Waals surface area contributed by atoms with E-state index in [1.54, 1.807) is 6.07 Å². The summed E-state index contributed by atoms with van der Waals surface area (Å²) in [5, 5.41) is 2.89. The minimum Gasteiger partial charge on any atom is -0.408 e. The lowest BCUT2D eigenvalue weighted by Crippen LogP contribution is -2.27. The van der Waals surface area contributed by atoms with Gasteiger partial charge in [-0.2, -0.15) is 0 Å². The summed E-state index contributed by atoms with van der Waals surface area (Å²) in [4.78, 5) is 25.5. The number of carbonyl (C=O) groups excluding carboxylic acids is 1. The van der Waals surface area contributed by atoms with E-state index in [1.807, 2.05) is 42.5 Å². The van der Waals surface area contributed by atoms with Crippen LogP contribution in [0.5, 0.6) is 0 Å². The Morgan fingerprint density at radius 3 is 2.73 bits per heavy atom. The third kappa shape index (κ3) is 3.44. The van der Waals surface area contributed by atoms with Crippen molar-refractivity contribution in [3.8, 4) is 0 Å². The number of H-pyrrole nitrogens is 1. The van der Waals surface area contributed by atoms with Crippen LogP contribution < -0.4 is 11.1 Å². The zero-order valence-corrected chi connectivity index (χ0v) is 12.0. The van der Waals surface area contributed by atoms with Crippen molar-refractivity contribution in [1.82, 2.24) is 10.3 Å². The van der Waals surface area contributed by atoms with Gasteiger partial charge < -0.3 is 9.73 Å². The van der Waals surface area contributed by atoms with E-state index < -0.39 is 5.76 Å². The van der Waals surface area contributed by atoms with Crippen molar-refractivity contribution in [3.05, 3.63) is 70.2 Å². The van der Waals surface area contributed by atoms with Gasteiger partial charge in [-0.15, -0.1) is 0 Å². The molecular formula is C17H16N2O3. The van der Waals surface area contributed by atoms with Gasteiger partial charge in [-0.05, 0) is 29.7 Å². The summed E-state index contributed by atoms with van der Waals surface area (Å²) in [6.07, 6.45) is 1.07. The molecule has 5 heteroatoms. The Hall–Kier alpha value is -2.82. The van der Waals surface area contributed by atoms with Crippen molar-refractivity contribution in [3.63, 3.8) is 0 Å². The molecule has 1 heterocycles. The average molecular weight is 296 g/mol. The van der Waals surface area contributed by atoms with Crippen molar-refractivity contribution in [1.29, 1.82) is 0 Å². The van der Waals surface area contributed by atoms with Gasteiger partial charge in [0.1, 0.15) is 0 Å². The fourth-order valence-electron chi connectivity index (χ4n) is 2.34. The molecule has 1 amide bonds. The van der Waals surface area contributed by atoms with Crippen LogP contribution in [0.15, 0.2) is 57.7 Å². The van der Waals surface area contributed by atoms with Crippen molar-refractivity contribution >= 4 is 17.0 Å². The summed E-state index contributed by atoms with van der Waals surface area (Å²) in [7, 11) is 0. The molecule has 5 nitrogen and oxygen atoms in total. The minimum atomic E-state index is -0.455. The van der Waals surface area contributed by atoms with Crippen LogP contribution >= 0.6 is 0 Å². The van der Waals surface area contributed by atoms with E-state index in [1.165, 1.54) is 0 Å². The number of nitrogens with one attached hydrogen (secondary N) is 2. The first-order valence-corrected chi connectivity index (χ1v) is 7.13. The van der Waals surface area contributed by atoms with E-state index in [2.05, 4.69) is 10.3 Å². The lowest BCUT2D eigenvalue weighted by atomic mass is 10.1. The molecule has 0 saturated heterocycles. The number of fused-ring (bicyclic) bond motifs is 1.